The number of hydrogen-bond donors (Lipinski definition) is 2. The molecule has 7 nitrogen and oxygen atoms in total. The molecule has 2 N–H and O–H groups in total. The fourth-order valence-electron chi connectivity index (χ4n) is 2.58. The molecule has 150 valence electrons. The topological polar surface area (TPSA) is 93.7 Å². The van der Waals surface area contributed by atoms with Crippen molar-refractivity contribution in [2.24, 2.45) is 0 Å². The van der Waals surface area contributed by atoms with Gasteiger partial charge in [0.25, 0.3) is 11.8 Å². The van der Waals surface area contributed by atoms with Crippen molar-refractivity contribution in [3.8, 4) is 11.5 Å². The summed E-state index contributed by atoms with van der Waals surface area (Å²) in [7, 11) is 0. The van der Waals surface area contributed by atoms with Crippen LogP contribution in [-0.4, -0.2) is 24.5 Å². The average molecular weight is 510 g/mol. The van der Waals surface area contributed by atoms with Crippen molar-refractivity contribution in [1.29, 1.82) is 0 Å². The van der Waals surface area contributed by atoms with E-state index in [1.165, 1.54) is 18.2 Å². The molecule has 29 heavy (non-hydrogen) atoms. The molecule has 9 heteroatoms. The van der Waals surface area contributed by atoms with Crippen LogP contribution < -0.4 is 20.1 Å². The number of amides is 4. The van der Waals surface area contributed by atoms with Crippen LogP contribution in [0.2, 0.25) is 0 Å². The predicted molar refractivity (Wildman–Crippen MR) is 111 cm³/mol. The second kappa shape index (κ2) is 9.03. The Bertz CT molecular complexity index is 983. The highest BCUT2D eigenvalue weighted by molar-refractivity contribution is 14.1. The summed E-state index contributed by atoms with van der Waals surface area (Å²) in [5.74, 6) is -0.951. The zero-order chi connectivity index (χ0) is 21.0. The average Bonchev–Trinajstić information content (AvgIpc) is 2.65. The minimum atomic E-state index is -0.855. The zero-order valence-electron chi connectivity index (χ0n) is 15.3. The normalized spacial score (nSPS) is 13.6. The van der Waals surface area contributed by atoms with Crippen molar-refractivity contribution < 1.29 is 28.2 Å². The summed E-state index contributed by atoms with van der Waals surface area (Å²) in [4.78, 5) is 35.0. The van der Waals surface area contributed by atoms with Crippen molar-refractivity contribution >= 4 is 46.5 Å². The van der Waals surface area contributed by atoms with Crippen LogP contribution in [0.1, 0.15) is 18.1 Å². The molecule has 0 atom stereocenters. The van der Waals surface area contributed by atoms with Crippen LogP contribution in [0.4, 0.5) is 9.18 Å². The molecule has 0 bridgehead atoms. The van der Waals surface area contributed by atoms with Crippen LogP contribution in [0.5, 0.6) is 11.5 Å². The number of urea groups is 1. The van der Waals surface area contributed by atoms with Gasteiger partial charge in [0, 0.05) is 0 Å². The Morgan fingerprint density at radius 1 is 1.03 bits per heavy atom. The van der Waals surface area contributed by atoms with Gasteiger partial charge < -0.3 is 9.47 Å². The molecule has 1 aliphatic rings. The van der Waals surface area contributed by atoms with Gasteiger partial charge in [-0.25, -0.2) is 9.18 Å². The van der Waals surface area contributed by atoms with Crippen LogP contribution >= 0.6 is 22.6 Å². The van der Waals surface area contributed by atoms with Gasteiger partial charge in [-0.15, -0.1) is 0 Å². The van der Waals surface area contributed by atoms with E-state index in [0.717, 1.165) is 5.56 Å². The lowest BCUT2D eigenvalue weighted by atomic mass is 10.1. The van der Waals surface area contributed by atoms with Crippen molar-refractivity contribution in [2.75, 3.05) is 6.61 Å². The molecule has 0 radical (unpaired) electrons. The van der Waals surface area contributed by atoms with Gasteiger partial charge in [0.1, 0.15) is 18.0 Å². The summed E-state index contributed by atoms with van der Waals surface area (Å²) in [6.07, 6.45) is 1.37. The van der Waals surface area contributed by atoms with Gasteiger partial charge in [0.15, 0.2) is 11.5 Å². The molecule has 0 saturated carbocycles. The lowest BCUT2D eigenvalue weighted by molar-refractivity contribution is -0.123. The Balaban J connectivity index is 1.88. The molecule has 1 saturated heterocycles. The SMILES string of the molecule is CCOc1cc(C=C2C(=O)NC(=O)NC2=O)cc(I)c1OCc1ccc(F)cc1. The quantitative estimate of drug-likeness (QED) is 0.354. The minimum Gasteiger partial charge on any atom is -0.490 e. The van der Waals surface area contributed by atoms with E-state index in [1.54, 1.807) is 24.3 Å². The maximum Gasteiger partial charge on any atom is 0.328 e. The molecule has 4 amide bonds. The third kappa shape index (κ3) is 5.11. The molecule has 3 rings (SSSR count). The fourth-order valence-corrected chi connectivity index (χ4v) is 3.36. The van der Waals surface area contributed by atoms with E-state index in [1.807, 2.05) is 17.6 Å². The Kier molecular flexibility index (Phi) is 6.47. The van der Waals surface area contributed by atoms with Crippen molar-refractivity contribution in [1.82, 2.24) is 10.6 Å². The first-order valence-electron chi connectivity index (χ1n) is 8.59. The van der Waals surface area contributed by atoms with Crippen LogP contribution in [0.25, 0.3) is 6.08 Å². The predicted octanol–water partition coefficient (Wildman–Crippen LogP) is 3.16. The zero-order valence-corrected chi connectivity index (χ0v) is 17.4. The van der Waals surface area contributed by atoms with Crippen LogP contribution in [0.15, 0.2) is 42.0 Å². The Morgan fingerprint density at radius 3 is 2.31 bits per heavy atom. The van der Waals surface area contributed by atoms with Crippen LogP contribution in [0, 0.1) is 9.39 Å². The molecule has 1 fully saturated rings. The third-order valence-corrected chi connectivity index (χ3v) is 4.68. The maximum absolute atomic E-state index is 13.0. The molecule has 0 unspecified atom stereocenters. The number of halogens is 2. The van der Waals surface area contributed by atoms with Crippen molar-refractivity contribution in [3.05, 3.63) is 62.5 Å². The molecule has 0 aromatic heterocycles. The third-order valence-electron chi connectivity index (χ3n) is 3.88. The highest BCUT2D eigenvalue weighted by Gasteiger charge is 2.28. The molecular formula is C20H16FIN2O5. The number of hydrogen-bond acceptors (Lipinski definition) is 5. The molecule has 2 aromatic carbocycles. The first-order chi connectivity index (χ1) is 13.9. The lowest BCUT2D eigenvalue weighted by Gasteiger charge is -2.16. The molecule has 1 heterocycles. The van der Waals surface area contributed by atoms with E-state index in [-0.39, 0.29) is 18.0 Å². The highest BCUT2D eigenvalue weighted by Crippen LogP contribution is 2.35. The molecule has 0 spiro atoms. The summed E-state index contributed by atoms with van der Waals surface area (Å²) in [5.41, 5.74) is 1.13. The molecule has 0 aliphatic carbocycles. The summed E-state index contributed by atoms with van der Waals surface area (Å²) in [5, 5.41) is 4.05. The number of imide groups is 2. The Morgan fingerprint density at radius 2 is 1.69 bits per heavy atom. The number of ether oxygens (including phenoxy) is 2. The number of carbonyl (C=O) groups excluding carboxylic acids is 3. The maximum atomic E-state index is 13.0. The smallest absolute Gasteiger partial charge is 0.328 e. The molecule has 1 aliphatic heterocycles. The minimum absolute atomic E-state index is 0.192. The summed E-state index contributed by atoms with van der Waals surface area (Å²) < 4.78 is 25.3. The standard InChI is InChI=1S/C20H16FIN2O5/c1-2-28-16-9-12(7-14-18(25)23-20(27)24-19(14)26)8-15(22)17(16)29-10-11-3-5-13(21)6-4-11/h3-9H,2,10H2,1H3,(H2,23,24,25,26,27). The van der Waals surface area contributed by atoms with Gasteiger partial charge in [-0.3, -0.25) is 20.2 Å². The first-order valence-corrected chi connectivity index (χ1v) is 9.67. The summed E-state index contributed by atoms with van der Waals surface area (Å²) in [6, 6.07) is 8.46. The lowest BCUT2D eigenvalue weighted by Crippen LogP contribution is -2.51. The molecule has 2 aromatic rings. The molecular weight excluding hydrogens is 494 g/mol. The van der Waals surface area contributed by atoms with Gasteiger partial charge in [0.2, 0.25) is 0 Å². The second-order valence-corrected chi connectivity index (χ2v) is 7.14. The number of benzene rings is 2. The number of rotatable bonds is 6. The summed E-state index contributed by atoms with van der Waals surface area (Å²) in [6.45, 7) is 2.40. The number of barbiturate groups is 1. The number of nitrogens with one attached hydrogen (secondary N) is 2. The van der Waals surface area contributed by atoms with Gasteiger partial charge in [-0.1, -0.05) is 12.1 Å². The van der Waals surface area contributed by atoms with E-state index in [4.69, 9.17) is 9.47 Å². The number of carbonyl (C=O) groups is 3. The second-order valence-electron chi connectivity index (χ2n) is 5.97. The van der Waals surface area contributed by atoms with Crippen molar-refractivity contribution in [3.63, 3.8) is 0 Å². The summed E-state index contributed by atoms with van der Waals surface area (Å²) >= 11 is 2.06. The van der Waals surface area contributed by atoms with E-state index >= 15 is 0 Å². The van der Waals surface area contributed by atoms with Gasteiger partial charge >= 0.3 is 6.03 Å². The van der Waals surface area contributed by atoms with Gasteiger partial charge in [0.05, 0.1) is 10.2 Å². The highest BCUT2D eigenvalue weighted by atomic mass is 127. The van der Waals surface area contributed by atoms with E-state index < -0.39 is 17.8 Å². The Hall–Kier alpha value is -2.95. The van der Waals surface area contributed by atoms with E-state index in [2.05, 4.69) is 22.6 Å². The van der Waals surface area contributed by atoms with Gasteiger partial charge in [-0.2, -0.15) is 0 Å². The monoisotopic (exact) mass is 510 g/mol. The largest absolute Gasteiger partial charge is 0.490 e. The van der Waals surface area contributed by atoms with Gasteiger partial charge in [-0.05, 0) is 71.0 Å². The van der Waals surface area contributed by atoms with Crippen LogP contribution in [-0.2, 0) is 16.2 Å². The van der Waals surface area contributed by atoms with E-state index in [0.29, 0.717) is 27.2 Å². The first kappa shape index (κ1) is 20.8. The van der Waals surface area contributed by atoms with E-state index in [9.17, 15) is 18.8 Å². The fraction of sp³-hybridized carbons (Fsp3) is 0.150. The van der Waals surface area contributed by atoms with Crippen molar-refractivity contribution in [2.45, 2.75) is 13.5 Å². The Labute approximate surface area is 179 Å². The van der Waals surface area contributed by atoms with Crippen LogP contribution in [0.3, 0.4) is 0 Å².